The Hall–Kier alpha value is -2.82. The molecule has 5 rings (SSSR count). The zero-order valence-corrected chi connectivity index (χ0v) is 16.7. The van der Waals surface area contributed by atoms with Crippen LogP contribution in [0, 0.1) is 9.28 Å². The molecular formula is C15H15N9O4S2. The van der Waals surface area contributed by atoms with Gasteiger partial charge in [0.1, 0.15) is 35.7 Å². The van der Waals surface area contributed by atoms with Gasteiger partial charge in [0, 0.05) is 0 Å². The third-order valence-electron chi connectivity index (χ3n) is 4.94. The number of nitrogens with two attached hydrogens (primary N) is 1. The summed E-state index contributed by atoms with van der Waals surface area (Å²) in [5, 5.41) is 29.7. The standard InChI is InChI=1S/C15H15N9O4S2/c16-15-21-11-7(19-3-22(11)13-9(27)8(26)5(1-25)28-13)14(30)24(15)23-4-20-6-10(23)17-2-18-12(6)29/h2-5,8-9,13,25-27H,1H2,(H2,16,21)(H,17,18,29)/t5-,8?,9?,13-/m1/s1. The molecule has 0 radical (unpaired) electrons. The highest BCUT2D eigenvalue weighted by Gasteiger charge is 2.44. The van der Waals surface area contributed by atoms with Gasteiger partial charge in [-0.1, -0.05) is 24.4 Å². The van der Waals surface area contributed by atoms with Crippen molar-refractivity contribution in [3.05, 3.63) is 28.3 Å². The lowest BCUT2D eigenvalue weighted by Crippen LogP contribution is -2.33. The number of H-pyrrole nitrogens is 1. The van der Waals surface area contributed by atoms with Crippen molar-refractivity contribution in [1.29, 1.82) is 0 Å². The fourth-order valence-corrected chi connectivity index (χ4v) is 4.00. The van der Waals surface area contributed by atoms with E-state index in [4.69, 9.17) is 34.9 Å². The molecule has 0 bridgehead atoms. The SMILES string of the molecule is Nc1nc2c(ncn2[C@@H]2O[C@H](CO)C(O)C2O)c(=S)n1-n1cnc2c(=S)nc[nH]c21. The van der Waals surface area contributed by atoms with Gasteiger partial charge >= 0.3 is 0 Å². The van der Waals surface area contributed by atoms with Crippen molar-refractivity contribution in [3.63, 3.8) is 0 Å². The molecule has 156 valence electrons. The van der Waals surface area contributed by atoms with Crippen LogP contribution in [0.25, 0.3) is 22.3 Å². The molecule has 1 fully saturated rings. The highest BCUT2D eigenvalue weighted by molar-refractivity contribution is 7.71. The van der Waals surface area contributed by atoms with Gasteiger partial charge in [-0.2, -0.15) is 4.98 Å². The number of anilines is 1. The van der Waals surface area contributed by atoms with Crippen molar-refractivity contribution >= 4 is 52.7 Å². The van der Waals surface area contributed by atoms with Crippen LogP contribution in [0.2, 0.25) is 0 Å². The average molecular weight is 449 g/mol. The lowest BCUT2D eigenvalue weighted by molar-refractivity contribution is -0.0511. The third kappa shape index (κ3) is 2.60. The molecule has 13 nitrogen and oxygen atoms in total. The van der Waals surface area contributed by atoms with Gasteiger partial charge in [-0.3, -0.25) is 4.57 Å². The summed E-state index contributed by atoms with van der Waals surface area (Å²) in [5.41, 5.74) is 7.74. The molecule has 0 aliphatic carbocycles. The predicted octanol–water partition coefficient (Wildman–Crippen LogP) is -0.730. The van der Waals surface area contributed by atoms with Crippen LogP contribution in [-0.4, -0.2) is 79.1 Å². The number of aliphatic hydroxyl groups excluding tert-OH is 3. The molecule has 1 saturated heterocycles. The smallest absolute Gasteiger partial charge is 0.223 e. The van der Waals surface area contributed by atoms with E-state index in [2.05, 4.69) is 24.9 Å². The minimum atomic E-state index is -1.30. The summed E-state index contributed by atoms with van der Waals surface area (Å²) < 4.78 is 10.5. The molecule has 4 atom stereocenters. The molecule has 4 aromatic rings. The molecule has 0 aromatic carbocycles. The van der Waals surface area contributed by atoms with Crippen LogP contribution in [0.1, 0.15) is 6.23 Å². The quantitative estimate of drug-likeness (QED) is 0.249. The maximum absolute atomic E-state index is 10.3. The zero-order valence-electron chi connectivity index (χ0n) is 15.0. The number of nitrogens with zero attached hydrogens (tertiary/aromatic N) is 7. The Labute approximate surface area is 177 Å². The maximum Gasteiger partial charge on any atom is 0.223 e. The molecule has 2 unspecified atom stereocenters. The Morgan fingerprint density at radius 1 is 1.13 bits per heavy atom. The van der Waals surface area contributed by atoms with Gasteiger partial charge in [0.25, 0.3) is 0 Å². The summed E-state index contributed by atoms with van der Waals surface area (Å²) in [5.74, 6) is 0.0106. The number of nitrogen functional groups attached to an aromatic ring is 1. The van der Waals surface area contributed by atoms with E-state index < -0.39 is 31.1 Å². The van der Waals surface area contributed by atoms with E-state index >= 15 is 0 Å². The summed E-state index contributed by atoms with van der Waals surface area (Å²) in [7, 11) is 0. The molecule has 30 heavy (non-hydrogen) atoms. The molecule has 1 aliphatic rings. The summed E-state index contributed by atoms with van der Waals surface area (Å²) in [6.45, 7) is -0.451. The number of aromatic amines is 1. The third-order valence-corrected chi connectivity index (χ3v) is 5.61. The van der Waals surface area contributed by atoms with Crippen LogP contribution in [0.5, 0.6) is 0 Å². The Bertz CT molecular complexity index is 1390. The van der Waals surface area contributed by atoms with Crippen molar-refractivity contribution in [2.24, 2.45) is 0 Å². The summed E-state index contributed by atoms with van der Waals surface area (Å²) in [6.07, 6.45) is -0.233. The number of nitrogens with one attached hydrogen (secondary N) is 1. The average Bonchev–Trinajstić information content (AvgIpc) is 3.40. The van der Waals surface area contributed by atoms with E-state index in [0.29, 0.717) is 21.3 Å². The first kappa shape index (κ1) is 19.2. The first-order valence-electron chi connectivity index (χ1n) is 8.71. The predicted molar refractivity (Wildman–Crippen MR) is 107 cm³/mol. The normalized spacial score (nSPS) is 24.2. The first-order valence-corrected chi connectivity index (χ1v) is 9.53. The van der Waals surface area contributed by atoms with Crippen LogP contribution in [0.4, 0.5) is 5.95 Å². The topological polar surface area (TPSA) is 178 Å². The number of aliphatic hydroxyl groups is 3. The molecular weight excluding hydrogens is 434 g/mol. The number of hydrogen-bond donors (Lipinski definition) is 5. The number of aromatic nitrogens is 8. The second-order valence-electron chi connectivity index (χ2n) is 6.63. The van der Waals surface area contributed by atoms with Crippen molar-refractivity contribution in [3.8, 4) is 0 Å². The van der Waals surface area contributed by atoms with E-state index in [9.17, 15) is 15.3 Å². The monoisotopic (exact) mass is 449 g/mol. The Kier molecular flexibility index (Phi) is 4.38. The van der Waals surface area contributed by atoms with Gasteiger partial charge < -0.3 is 30.8 Å². The van der Waals surface area contributed by atoms with Crippen LogP contribution < -0.4 is 5.73 Å². The summed E-state index contributed by atoms with van der Waals surface area (Å²) in [4.78, 5) is 19.9. The Balaban J connectivity index is 1.69. The highest BCUT2D eigenvalue weighted by Crippen LogP contribution is 2.31. The van der Waals surface area contributed by atoms with Crippen molar-refractivity contribution in [2.45, 2.75) is 24.5 Å². The fourth-order valence-electron chi connectivity index (χ4n) is 3.48. The zero-order chi connectivity index (χ0) is 21.2. The second-order valence-corrected chi connectivity index (χ2v) is 7.41. The number of ether oxygens (including phenoxy) is 1. The number of fused-ring (bicyclic) bond motifs is 2. The molecule has 1 aliphatic heterocycles. The number of hydrogen-bond acceptors (Lipinski definition) is 11. The molecule has 0 amide bonds. The largest absolute Gasteiger partial charge is 0.394 e. The van der Waals surface area contributed by atoms with Gasteiger partial charge in [0.05, 0.1) is 19.3 Å². The lowest BCUT2D eigenvalue weighted by atomic mass is 10.1. The van der Waals surface area contributed by atoms with E-state index in [1.54, 1.807) is 4.68 Å². The summed E-state index contributed by atoms with van der Waals surface area (Å²) >= 11 is 10.8. The first-order chi connectivity index (χ1) is 14.4. The van der Waals surface area contributed by atoms with E-state index in [-0.39, 0.29) is 16.2 Å². The second kappa shape index (κ2) is 6.86. The van der Waals surface area contributed by atoms with E-state index in [1.165, 1.54) is 28.2 Å². The van der Waals surface area contributed by atoms with Gasteiger partial charge in [0.2, 0.25) is 5.95 Å². The maximum atomic E-state index is 10.3. The van der Waals surface area contributed by atoms with E-state index in [1.807, 2.05) is 0 Å². The molecule has 5 heterocycles. The van der Waals surface area contributed by atoms with Crippen molar-refractivity contribution in [2.75, 3.05) is 12.3 Å². The molecule has 0 saturated carbocycles. The fraction of sp³-hybridized carbons (Fsp3) is 0.333. The number of imidazole rings is 2. The van der Waals surface area contributed by atoms with Crippen LogP contribution in [0.3, 0.4) is 0 Å². The van der Waals surface area contributed by atoms with Crippen LogP contribution >= 0.6 is 24.4 Å². The van der Waals surface area contributed by atoms with Gasteiger partial charge in [-0.25, -0.2) is 24.3 Å². The molecule has 6 N–H and O–H groups in total. The molecule has 0 spiro atoms. The van der Waals surface area contributed by atoms with Gasteiger partial charge in [-0.15, -0.1) is 0 Å². The highest BCUT2D eigenvalue weighted by atomic mass is 32.1. The van der Waals surface area contributed by atoms with Crippen molar-refractivity contribution < 1.29 is 20.1 Å². The minimum absolute atomic E-state index is 0.0106. The Morgan fingerprint density at radius 2 is 1.90 bits per heavy atom. The van der Waals surface area contributed by atoms with Crippen LogP contribution in [0.15, 0.2) is 19.0 Å². The molecule has 15 heteroatoms. The van der Waals surface area contributed by atoms with Gasteiger partial charge in [-0.05, 0) is 0 Å². The van der Waals surface area contributed by atoms with Gasteiger partial charge in [0.15, 0.2) is 26.8 Å². The van der Waals surface area contributed by atoms with Crippen LogP contribution in [-0.2, 0) is 4.74 Å². The van der Waals surface area contributed by atoms with Crippen molar-refractivity contribution in [1.82, 2.24) is 38.8 Å². The minimum Gasteiger partial charge on any atom is -0.394 e. The molecule has 4 aromatic heterocycles. The lowest BCUT2D eigenvalue weighted by Gasteiger charge is -2.17. The summed E-state index contributed by atoms with van der Waals surface area (Å²) in [6, 6.07) is 0. The number of rotatable bonds is 3. The Morgan fingerprint density at radius 3 is 2.63 bits per heavy atom. The van der Waals surface area contributed by atoms with E-state index in [0.717, 1.165) is 0 Å².